The first kappa shape index (κ1) is 14.9. The van der Waals surface area contributed by atoms with Crippen molar-refractivity contribution in [2.24, 2.45) is 12.5 Å². The number of carbonyl (C=O) groups is 1. The zero-order valence-corrected chi connectivity index (χ0v) is 13.3. The molecule has 5 nitrogen and oxygen atoms in total. The molecule has 2 rings (SSSR count). The molecule has 1 amide bonds. The van der Waals surface area contributed by atoms with Crippen molar-refractivity contribution in [3.8, 4) is 0 Å². The summed E-state index contributed by atoms with van der Waals surface area (Å²) in [6.07, 6.45) is 6.00. The highest BCUT2D eigenvalue weighted by molar-refractivity contribution is 5.81. The molecule has 0 N–H and O–H groups in total. The first-order valence-electron chi connectivity index (χ1n) is 7.30. The van der Waals surface area contributed by atoms with Gasteiger partial charge < -0.3 is 9.80 Å². The van der Waals surface area contributed by atoms with Gasteiger partial charge >= 0.3 is 0 Å². The predicted molar refractivity (Wildman–Crippen MR) is 80.7 cm³/mol. The summed E-state index contributed by atoms with van der Waals surface area (Å²) in [5.74, 6) is 0.234. The van der Waals surface area contributed by atoms with Crippen LogP contribution in [0.2, 0.25) is 0 Å². The number of hydrogen-bond donors (Lipinski definition) is 0. The van der Waals surface area contributed by atoms with Crippen LogP contribution in [0.15, 0.2) is 12.4 Å². The Morgan fingerprint density at radius 1 is 1.35 bits per heavy atom. The maximum Gasteiger partial charge on any atom is 0.227 e. The minimum atomic E-state index is -0.296. The predicted octanol–water partition coefficient (Wildman–Crippen LogP) is 1.89. The number of rotatable bonds is 2. The molecule has 2 heterocycles. The van der Waals surface area contributed by atoms with Crippen LogP contribution in [0.1, 0.15) is 33.6 Å². The molecule has 20 heavy (non-hydrogen) atoms. The zero-order valence-electron chi connectivity index (χ0n) is 13.3. The van der Waals surface area contributed by atoms with Crippen molar-refractivity contribution in [3.63, 3.8) is 0 Å². The fourth-order valence-corrected chi connectivity index (χ4v) is 2.78. The first-order valence-corrected chi connectivity index (χ1v) is 7.30. The molecule has 0 aromatic carbocycles. The quantitative estimate of drug-likeness (QED) is 0.829. The lowest BCUT2D eigenvalue weighted by Crippen LogP contribution is -2.48. The smallest absolute Gasteiger partial charge is 0.227 e. The standard InChI is InChI=1S/C15H26N4O/c1-15(2,3)14(20)18(5)12-6-8-19(9-7-12)13-10-16-17(4)11-13/h10-12H,6-9H2,1-5H3. The Morgan fingerprint density at radius 3 is 2.40 bits per heavy atom. The highest BCUT2D eigenvalue weighted by atomic mass is 16.2. The van der Waals surface area contributed by atoms with E-state index in [0.29, 0.717) is 6.04 Å². The summed E-state index contributed by atoms with van der Waals surface area (Å²) in [6.45, 7) is 7.92. The Balaban J connectivity index is 1.93. The Labute approximate surface area is 121 Å². The van der Waals surface area contributed by atoms with Crippen molar-refractivity contribution < 1.29 is 4.79 Å². The summed E-state index contributed by atoms with van der Waals surface area (Å²) < 4.78 is 1.83. The molecule has 112 valence electrons. The van der Waals surface area contributed by atoms with Crippen LogP contribution >= 0.6 is 0 Å². The SMILES string of the molecule is CN(C(=O)C(C)(C)C)C1CCN(c2cnn(C)c2)CC1. The molecule has 0 spiro atoms. The Kier molecular flexibility index (Phi) is 4.06. The van der Waals surface area contributed by atoms with Crippen LogP contribution in [0.3, 0.4) is 0 Å². The summed E-state index contributed by atoms with van der Waals surface area (Å²) in [7, 11) is 3.88. The number of nitrogens with zero attached hydrogens (tertiary/aromatic N) is 4. The third-order valence-corrected chi connectivity index (χ3v) is 4.03. The number of aryl methyl sites for hydroxylation is 1. The first-order chi connectivity index (χ1) is 9.29. The van der Waals surface area contributed by atoms with Crippen LogP contribution in [0.5, 0.6) is 0 Å². The summed E-state index contributed by atoms with van der Waals surface area (Å²) in [5.41, 5.74) is 0.880. The second-order valence-electron chi connectivity index (χ2n) is 6.76. The molecule has 1 aromatic rings. The minimum Gasteiger partial charge on any atom is -0.369 e. The van der Waals surface area contributed by atoms with E-state index in [0.717, 1.165) is 25.9 Å². The third kappa shape index (κ3) is 3.14. The van der Waals surface area contributed by atoms with Crippen LogP contribution in [-0.2, 0) is 11.8 Å². The molecular formula is C15H26N4O. The number of amides is 1. The van der Waals surface area contributed by atoms with E-state index in [9.17, 15) is 4.79 Å². The van der Waals surface area contributed by atoms with Crippen molar-refractivity contribution in [3.05, 3.63) is 12.4 Å². The van der Waals surface area contributed by atoms with E-state index in [4.69, 9.17) is 0 Å². The highest BCUT2D eigenvalue weighted by Gasteiger charge is 2.31. The lowest BCUT2D eigenvalue weighted by molar-refractivity contribution is -0.140. The van der Waals surface area contributed by atoms with Crippen LogP contribution in [0, 0.1) is 5.41 Å². The van der Waals surface area contributed by atoms with Crippen molar-refractivity contribution in [2.45, 2.75) is 39.7 Å². The summed E-state index contributed by atoms with van der Waals surface area (Å²) in [6, 6.07) is 0.356. The summed E-state index contributed by atoms with van der Waals surface area (Å²) in [4.78, 5) is 16.6. The van der Waals surface area contributed by atoms with Gasteiger partial charge in [0.1, 0.15) is 0 Å². The molecular weight excluding hydrogens is 252 g/mol. The van der Waals surface area contributed by atoms with E-state index in [-0.39, 0.29) is 11.3 Å². The normalized spacial score (nSPS) is 17.4. The van der Waals surface area contributed by atoms with E-state index in [1.165, 1.54) is 5.69 Å². The lowest BCUT2D eigenvalue weighted by Gasteiger charge is -2.39. The van der Waals surface area contributed by atoms with E-state index in [1.54, 1.807) is 0 Å². The van der Waals surface area contributed by atoms with Crippen LogP contribution in [0.4, 0.5) is 5.69 Å². The topological polar surface area (TPSA) is 41.4 Å². The van der Waals surface area contributed by atoms with Crippen molar-refractivity contribution in [1.82, 2.24) is 14.7 Å². The van der Waals surface area contributed by atoms with Crippen LogP contribution in [0.25, 0.3) is 0 Å². The molecule has 1 aliphatic heterocycles. The van der Waals surface area contributed by atoms with Crippen molar-refractivity contribution in [2.75, 3.05) is 25.0 Å². The molecule has 0 unspecified atom stereocenters. The monoisotopic (exact) mass is 278 g/mol. The van der Waals surface area contributed by atoms with Gasteiger partial charge in [0.2, 0.25) is 5.91 Å². The van der Waals surface area contributed by atoms with E-state index in [2.05, 4.69) is 10.00 Å². The number of anilines is 1. The average molecular weight is 278 g/mol. The van der Waals surface area contributed by atoms with Gasteiger partial charge in [0.25, 0.3) is 0 Å². The average Bonchev–Trinajstić information content (AvgIpc) is 2.83. The molecule has 0 saturated carbocycles. The second-order valence-corrected chi connectivity index (χ2v) is 6.76. The molecule has 0 atom stereocenters. The molecule has 1 aromatic heterocycles. The fraction of sp³-hybridized carbons (Fsp3) is 0.733. The van der Waals surface area contributed by atoms with Crippen molar-refractivity contribution in [1.29, 1.82) is 0 Å². The fourth-order valence-electron chi connectivity index (χ4n) is 2.78. The Hall–Kier alpha value is -1.52. The van der Waals surface area contributed by atoms with Gasteiger partial charge in [-0.15, -0.1) is 0 Å². The number of hydrogen-bond acceptors (Lipinski definition) is 3. The van der Waals surface area contributed by atoms with Gasteiger partial charge in [-0.1, -0.05) is 20.8 Å². The lowest BCUT2D eigenvalue weighted by atomic mass is 9.92. The zero-order chi connectivity index (χ0) is 14.9. The molecule has 5 heteroatoms. The summed E-state index contributed by atoms with van der Waals surface area (Å²) in [5, 5.41) is 4.22. The Morgan fingerprint density at radius 2 is 1.95 bits per heavy atom. The van der Waals surface area contributed by atoms with Gasteiger partial charge in [0.15, 0.2) is 0 Å². The van der Waals surface area contributed by atoms with E-state index < -0.39 is 0 Å². The van der Waals surface area contributed by atoms with Gasteiger partial charge in [-0.25, -0.2) is 0 Å². The van der Waals surface area contributed by atoms with Gasteiger partial charge in [0, 0.05) is 44.8 Å². The highest BCUT2D eigenvalue weighted by Crippen LogP contribution is 2.24. The largest absolute Gasteiger partial charge is 0.369 e. The number of aromatic nitrogens is 2. The maximum absolute atomic E-state index is 12.3. The number of piperidine rings is 1. The van der Waals surface area contributed by atoms with Crippen LogP contribution in [-0.4, -0.2) is 46.8 Å². The molecule has 0 aliphatic carbocycles. The molecule has 1 aliphatic rings. The van der Waals surface area contributed by atoms with Gasteiger partial charge in [0.05, 0.1) is 11.9 Å². The van der Waals surface area contributed by atoms with Gasteiger partial charge in [-0.05, 0) is 12.8 Å². The maximum atomic E-state index is 12.3. The van der Waals surface area contributed by atoms with Gasteiger partial charge in [-0.3, -0.25) is 9.48 Å². The molecule has 0 radical (unpaired) electrons. The Bertz CT molecular complexity index is 466. The molecule has 1 fully saturated rings. The van der Waals surface area contributed by atoms with Crippen molar-refractivity contribution >= 4 is 11.6 Å². The minimum absolute atomic E-state index is 0.234. The van der Waals surface area contributed by atoms with E-state index >= 15 is 0 Å². The second kappa shape index (κ2) is 5.46. The number of carbonyl (C=O) groups excluding carboxylic acids is 1. The molecule has 1 saturated heterocycles. The van der Waals surface area contributed by atoms with Crippen LogP contribution < -0.4 is 4.90 Å². The third-order valence-electron chi connectivity index (χ3n) is 4.03. The van der Waals surface area contributed by atoms with Gasteiger partial charge in [-0.2, -0.15) is 5.10 Å². The molecule has 0 bridgehead atoms. The van der Waals surface area contributed by atoms with E-state index in [1.807, 2.05) is 56.8 Å². The summed E-state index contributed by atoms with van der Waals surface area (Å²) >= 11 is 0.